The van der Waals surface area contributed by atoms with Crippen LogP contribution in [-0.4, -0.2) is 57.3 Å². The largest absolute Gasteiger partial charge is 0.490 e. The van der Waals surface area contributed by atoms with Crippen LogP contribution >= 0.6 is 24.0 Å². The molecule has 7 heteroatoms. The molecule has 0 amide bonds. The number of ether oxygens (including phenoxy) is 2. The van der Waals surface area contributed by atoms with Gasteiger partial charge in [-0.05, 0) is 70.9 Å². The molecule has 1 atom stereocenters. The number of halogens is 1. The fourth-order valence-corrected chi connectivity index (χ4v) is 3.03. The Labute approximate surface area is 194 Å². The van der Waals surface area contributed by atoms with E-state index < -0.39 is 0 Å². The lowest BCUT2D eigenvalue weighted by Crippen LogP contribution is -2.39. The number of guanidine groups is 1. The summed E-state index contributed by atoms with van der Waals surface area (Å²) in [4.78, 5) is 6.81. The summed E-state index contributed by atoms with van der Waals surface area (Å²) in [5.41, 5.74) is 1.14. The first kappa shape index (κ1) is 27.8. The second-order valence-corrected chi connectivity index (χ2v) is 6.67. The first-order valence-electron chi connectivity index (χ1n) is 10.7. The van der Waals surface area contributed by atoms with Crippen LogP contribution in [0.3, 0.4) is 0 Å². The van der Waals surface area contributed by atoms with Crippen LogP contribution in [0.4, 0.5) is 0 Å². The van der Waals surface area contributed by atoms with E-state index in [2.05, 4.69) is 47.4 Å². The average Bonchev–Trinajstić information content (AvgIpc) is 2.71. The Morgan fingerprint density at radius 1 is 1.03 bits per heavy atom. The molecule has 0 aliphatic heterocycles. The molecule has 0 heterocycles. The maximum absolute atomic E-state index is 5.74. The second-order valence-electron chi connectivity index (χ2n) is 6.67. The second kappa shape index (κ2) is 16.6. The standard InChI is InChI=1S/C22H40N4O2.HI/c1-7-26(8-2)16-12-11-15-24-22(23-6)25-18(5)19-13-14-20(27-9-3)21(17-19)28-10-4;/h13-14,17-18H,7-12,15-16H2,1-6H3,(H2,23,24,25);1H. The molecule has 0 saturated heterocycles. The summed E-state index contributed by atoms with van der Waals surface area (Å²) in [7, 11) is 1.81. The van der Waals surface area contributed by atoms with E-state index in [1.54, 1.807) is 0 Å². The van der Waals surface area contributed by atoms with Crippen molar-refractivity contribution < 1.29 is 9.47 Å². The molecule has 6 nitrogen and oxygen atoms in total. The fraction of sp³-hybridized carbons (Fsp3) is 0.682. The van der Waals surface area contributed by atoms with Crippen LogP contribution in [0.25, 0.3) is 0 Å². The van der Waals surface area contributed by atoms with Crippen molar-refractivity contribution in [2.24, 2.45) is 4.99 Å². The van der Waals surface area contributed by atoms with E-state index in [1.807, 2.05) is 33.0 Å². The van der Waals surface area contributed by atoms with Crippen LogP contribution < -0.4 is 20.1 Å². The predicted octanol–water partition coefficient (Wildman–Crippen LogP) is 4.45. The summed E-state index contributed by atoms with van der Waals surface area (Å²) >= 11 is 0. The van der Waals surface area contributed by atoms with E-state index in [9.17, 15) is 0 Å². The van der Waals surface area contributed by atoms with Gasteiger partial charge in [0.25, 0.3) is 0 Å². The minimum absolute atomic E-state index is 0. The maximum atomic E-state index is 5.74. The van der Waals surface area contributed by atoms with Gasteiger partial charge in [-0.25, -0.2) is 0 Å². The van der Waals surface area contributed by atoms with Gasteiger partial charge in [0.05, 0.1) is 19.3 Å². The van der Waals surface area contributed by atoms with Gasteiger partial charge < -0.3 is 25.0 Å². The highest BCUT2D eigenvalue weighted by Gasteiger charge is 2.12. The molecule has 0 aliphatic carbocycles. The minimum Gasteiger partial charge on any atom is -0.490 e. The van der Waals surface area contributed by atoms with Crippen molar-refractivity contribution in [3.05, 3.63) is 23.8 Å². The van der Waals surface area contributed by atoms with Crippen molar-refractivity contribution >= 4 is 29.9 Å². The third-order valence-electron chi connectivity index (χ3n) is 4.73. The molecule has 29 heavy (non-hydrogen) atoms. The number of benzene rings is 1. The number of nitrogens with one attached hydrogen (secondary N) is 2. The average molecular weight is 521 g/mol. The highest BCUT2D eigenvalue weighted by atomic mass is 127. The van der Waals surface area contributed by atoms with Crippen molar-refractivity contribution in [1.82, 2.24) is 15.5 Å². The van der Waals surface area contributed by atoms with Gasteiger partial charge in [0.15, 0.2) is 17.5 Å². The van der Waals surface area contributed by atoms with E-state index in [0.29, 0.717) is 13.2 Å². The molecule has 1 aromatic rings. The van der Waals surface area contributed by atoms with Crippen LogP contribution in [0, 0.1) is 0 Å². The zero-order valence-corrected chi connectivity index (χ0v) is 21.4. The summed E-state index contributed by atoms with van der Waals surface area (Å²) < 4.78 is 11.4. The summed E-state index contributed by atoms with van der Waals surface area (Å²) in [6, 6.07) is 6.20. The lowest BCUT2D eigenvalue weighted by Gasteiger charge is -2.20. The van der Waals surface area contributed by atoms with Crippen LogP contribution in [0.5, 0.6) is 11.5 Å². The highest BCUT2D eigenvalue weighted by molar-refractivity contribution is 14.0. The molecule has 0 saturated carbocycles. The van der Waals surface area contributed by atoms with Gasteiger partial charge in [0.1, 0.15) is 0 Å². The Bertz CT molecular complexity index is 580. The maximum Gasteiger partial charge on any atom is 0.191 e. The van der Waals surface area contributed by atoms with Crippen molar-refractivity contribution in [2.75, 3.05) is 46.4 Å². The van der Waals surface area contributed by atoms with Crippen LogP contribution in [0.2, 0.25) is 0 Å². The molecule has 0 aliphatic rings. The molecule has 1 rings (SSSR count). The normalized spacial score (nSPS) is 12.3. The van der Waals surface area contributed by atoms with Crippen molar-refractivity contribution in [3.8, 4) is 11.5 Å². The SMILES string of the molecule is CCOc1ccc(C(C)NC(=NC)NCCCCN(CC)CC)cc1OCC.I. The molecule has 0 radical (unpaired) electrons. The van der Waals surface area contributed by atoms with Crippen molar-refractivity contribution in [1.29, 1.82) is 0 Å². The third-order valence-corrected chi connectivity index (χ3v) is 4.73. The predicted molar refractivity (Wildman–Crippen MR) is 134 cm³/mol. The Balaban J connectivity index is 0.00000784. The van der Waals surface area contributed by atoms with Crippen LogP contribution in [-0.2, 0) is 0 Å². The Morgan fingerprint density at radius 3 is 2.28 bits per heavy atom. The van der Waals surface area contributed by atoms with Gasteiger partial charge in [-0.1, -0.05) is 19.9 Å². The fourth-order valence-electron chi connectivity index (χ4n) is 3.03. The van der Waals surface area contributed by atoms with E-state index in [-0.39, 0.29) is 30.0 Å². The van der Waals surface area contributed by atoms with Crippen molar-refractivity contribution in [3.63, 3.8) is 0 Å². The minimum atomic E-state index is 0. The molecular weight excluding hydrogens is 479 g/mol. The van der Waals surface area contributed by atoms with E-state index in [4.69, 9.17) is 9.47 Å². The number of unbranched alkanes of at least 4 members (excludes halogenated alkanes) is 1. The number of rotatable bonds is 13. The number of aliphatic imine (C=N–C) groups is 1. The zero-order chi connectivity index (χ0) is 20.8. The summed E-state index contributed by atoms with van der Waals surface area (Å²) in [5.74, 6) is 2.40. The Morgan fingerprint density at radius 2 is 1.69 bits per heavy atom. The van der Waals surface area contributed by atoms with Gasteiger partial charge in [0.2, 0.25) is 0 Å². The third kappa shape index (κ3) is 10.4. The van der Waals surface area contributed by atoms with Gasteiger partial charge in [-0.15, -0.1) is 24.0 Å². The van der Waals surface area contributed by atoms with Gasteiger partial charge in [-0.2, -0.15) is 0 Å². The van der Waals surface area contributed by atoms with Crippen molar-refractivity contribution in [2.45, 2.75) is 53.5 Å². The molecule has 0 aromatic heterocycles. The molecule has 0 bridgehead atoms. The van der Waals surface area contributed by atoms with E-state index in [1.165, 1.54) is 6.42 Å². The molecule has 1 unspecified atom stereocenters. The van der Waals surface area contributed by atoms with Crippen LogP contribution in [0.15, 0.2) is 23.2 Å². The van der Waals surface area contributed by atoms with Gasteiger partial charge >= 0.3 is 0 Å². The Kier molecular flexibility index (Phi) is 15.9. The lowest BCUT2D eigenvalue weighted by molar-refractivity contribution is 0.287. The van der Waals surface area contributed by atoms with Crippen LogP contribution in [0.1, 0.15) is 59.1 Å². The Hall–Kier alpha value is -1.22. The molecule has 0 spiro atoms. The first-order chi connectivity index (χ1) is 13.6. The zero-order valence-electron chi connectivity index (χ0n) is 19.1. The van der Waals surface area contributed by atoms with E-state index in [0.717, 1.165) is 55.6 Å². The first-order valence-corrected chi connectivity index (χ1v) is 10.7. The lowest BCUT2D eigenvalue weighted by atomic mass is 10.1. The highest BCUT2D eigenvalue weighted by Crippen LogP contribution is 2.30. The monoisotopic (exact) mass is 520 g/mol. The molecule has 0 fully saturated rings. The molecule has 2 N–H and O–H groups in total. The number of hydrogen-bond donors (Lipinski definition) is 2. The molecular formula is C22H41IN4O2. The summed E-state index contributed by atoms with van der Waals surface area (Å²) in [6.45, 7) is 16.1. The smallest absolute Gasteiger partial charge is 0.191 e. The van der Waals surface area contributed by atoms with Gasteiger partial charge in [0, 0.05) is 13.6 Å². The quantitative estimate of drug-likeness (QED) is 0.174. The molecule has 168 valence electrons. The number of hydrogen-bond acceptors (Lipinski definition) is 4. The topological polar surface area (TPSA) is 58.1 Å². The van der Waals surface area contributed by atoms with Gasteiger partial charge in [-0.3, -0.25) is 4.99 Å². The summed E-state index contributed by atoms with van der Waals surface area (Å²) in [5, 5.41) is 6.87. The summed E-state index contributed by atoms with van der Waals surface area (Å²) in [6.07, 6.45) is 2.32. The number of nitrogens with zero attached hydrogens (tertiary/aromatic N) is 2. The van der Waals surface area contributed by atoms with E-state index >= 15 is 0 Å². The molecule has 1 aromatic carbocycles.